The van der Waals surface area contributed by atoms with Crippen LogP contribution in [0.3, 0.4) is 0 Å². The van der Waals surface area contributed by atoms with Crippen molar-refractivity contribution < 1.29 is 14.7 Å². The van der Waals surface area contributed by atoms with Gasteiger partial charge < -0.3 is 20.6 Å². The van der Waals surface area contributed by atoms with Crippen molar-refractivity contribution in [2.45, 2.75) is 56.7 Å². The molecule has 6 heteroatoms. The molecule has 2 amide bonds. The smallest absolute Gasteiger partial charge is 0.251 e. The van der Waals surface area contributed by atoms with E-state index in [1.165, 1.54) is 0 Å². The Hall–Kier alpha value is -2.08. The van der Waals surface area contributed by atoms with Gasteiger partial charge in [0.2, 0.25) is 5.91 Å². The topological polar surface area (TPSA) is 81.7 Å². The number of hydrogen-bond acceptors (Lipinski definition) is 4. The lowest BCUT2D eigenvalue weighted by molar-refractivity contribution is -0.117. The molecule has 4 rings (SSSR count). The quantitative estimate of drug-likeness (QED) is 0.770. The van der Waals surface area contributed by atoms with Gasteiger partial charge in [0.1, 0.15) is 6.04 Å². The Bertz CT molecular complexity index is 667. The molecule has 0 spiro atoms. The Morgan fingerprint density at radius 1 is 1.21 bits per heavy atom. The van der Waals surface area contributed by atoms with E-state index in [2.05, 4.69) is 15.5 Å². The number of carbonyl (C=O) groups excluding carboxylic acids is 2. The molecular weight excluding hydrogens is 306 g/mol. The second-order valence-electron chi connectivity index (χ2n) is 7.05. The second kappa shape index (κ2) is 6.09. The highest BCUT2D eigenvalue weighted by Crippen LogP contribution is 2.37. The maximum atomic E-state index is 12.5. The predicted molar refractivity (Wildman–Crippen MR) is 91.2 cm³/mol. The Morgan fingerprint density at radius 3 is 2.79 bits per heavy atom. The largest absolute Gasteiger partial charge is 0.393 e. The molecule has 1 atom stereocenters. The molecule has 24 heavy (non-hydrogen) atoms. The summed E-state index contributed by atoms with van der Waals surface area (Å²) in [7, 11) is 0. The van der Waals surface area contributed by atoms with E-state index in [0.29, 0.717) is 5.56 Å². The standard InChI is InChI=1S/C18H23N3O3/c22-13-6-4-12(5-7-13)19-17(23)11-3-8-15-14(10-11)20-18(24)16-2-1-9-21(15)16/h3,8,10,12-13,16,22H,1-2,4-7,9H2,(H,19,23)(H,20,24)/t12?,13?,16-/m1/s1. The molecule has 0 radical (unpaired) electrons. The molecule has 6 nitrogen and oxygen atoms in total. The van der Waals surface area contributed by atoms with Crippen LogP contribution in [0.15, 0.2) is 18.2 Å². The molecule has 128 valence electrons. The van der Waals surface area contributed by atoms with Crippen LogP contribution in [0.4, 0.5) is 11.4 Å². The highest BCUT2D eigenvalue weighted by atomic mass is 16.3. The highest BCUT2D eigenvalue weighted by Gasteiger charge is 2.36. The van der Waals surface area contributed by atoms with Crippen molar-refractivity contribution in [3.05, 3.63) is 23.8 Å². The van der Waals surface area contributed by atoms with Crippen LogP contribution in [0.1, 0.15) is 48.9 Å². The first-order valence-corrected chi connectivity index (χ1v) is 8.82. The van der Waals surface area contributed by atoms with Gasteiger partial charge >= 0.3 is 0 Å². The summed E-state index contributed by atoms with van der Waals surface area (Å²) >= 11 is 0. The van der Waals surface area contributed by atoms with Gasteiger partial charge in [-0.2, -0.15) is 0 Å². The highest BCUT2D eigenvalue weighted by molar-refractivity contribution is 6.06. The third kappa shape index (κ3) is 2.75. The zero-order valence-electron chi connectivity index (χ0n) is 13.6. The number of aliphatic hydroxyl groups excluding tert-OH is 1. The van der Waals surface area contributed by atoms with Crippen molar-refractivity contribution in [3.63, 3.8) is 0 Å². The average molecular weight is 329 g/mol. The zero-order chi connectivity index (χ0) is 16.7. The monoisotopic (exact) mass is 329 g/mol. The van der Waals surface area contributed by atoms with Crippen molar-refractivity contribution in [1.29, 1.82) is 0 Å². The first kappa shape index (κ1) is 15.4. The number of rotatable bonds is 2. The van der Waals surface area contributed by atoms with Gasteiger partial charge in [0.15, 0.2) is 0 Å². The van der Waals surface area contributed by atoms with E-state index in [1.54, 1.807) is 6.07 Å². The number of benzene rings is 1. The van der Waals surface area contributed by atoms with Crippen LogP contribution < -0.4 is 15.5 Å². The van der Waals surface area contributed by atoms with Gasteiger partial charge in [0, 0.05) is 18.2 Å². The van der Waals surface area contributed by atoms with E-state index in [-0.39, 0.29) is 30.0 Å². The molecule has 2 fully saturated rings. The lowest BCUT2D eigenvalue weighted by Gasteiger charge is -2.33. The minimum absolute atomic E-state index is 0.0267. The van der Waals surface area contributed by atoms with E-state index >= 15 is 0 Å². The van der Waals surface area contributed by atoms with Crippen LogP contribution in [0, 0.1) is 0 Å². The molecule has 1 saturated heterocycles. The maximum absolute atomic E-state index is 12.5. The number of nitrogens with zero attached hydrogens (tertiary/aromatic N) is 1. The van der Waals surface area contributed by atoms with E-state index < -0.39 is 0 Å². The van der Waals surface area contributed by atoms with Crippen molar-refractivity contribution >= 4 is 23.2 Å². The minimum Gasteiger partial charge on any atom is -0.393 e. The van der Waals surface area contributed by atoms with Crippen LogP contribution in [-0.2, 0) is 4.79 Å². The summed E-state index contributed by atoms with van der Waals surface area (Å²) in [4.78, 5) is 26.8. The van der Waals surface area contributed by atoms with Crippen molar-refractivity contribution in [1.82, 2.24) is 5.32 Å². The lowest BCUT2D eigenvalue weighted by Crippen LogP contribution is -2.44. The first-order valence-electron chi connectivity index (χ1n) is 8.82. The number of carbonyl (C=O) groups is 2. The third-order valence-electron chi connectivity index (χ3n) is 5.41. The predicted octanol–water partition coefficient (Wildman–Crippen LogP) is 1.64. The molecule has 2 heterocycles. The van der Waals surface area contributed by atoms with E-state index in [9.17, 15) is 14.7 Å². The Kier molecular flexibility index (Phi) is 3.92. The van der Waals surface area contributed by atoms with Gasteiger partial charge in [-0.3, -0.25) is 9.59 Å². The molecule has 1 aromatic carbocycles. The summed E-state index contributed by atoms with van der Waals surface area (Å²) in [6.45, 7) is 0.890. The summed E-state index contributed by atoms with van der Waals surface area (Å²) in [5, 5.41) is 15.5. The van der Waals surface area contributed by atoms with Gasteiger partial charge in [-0.15, -0.1) is 0 Å². The Morgan fingerprint density at radius 2 is 2.00 bits per heavy atom. The third-order valence-corrected chi connectivity index (χ3v) is 5.41. The van der Waals surface area contributed by atoms with Crippen molar-refractivity contribution in [2.24, 2.45) is 0 Å². The van der Waals surface area contributed by atoms with Gasteiger partial charge in [0.25, 0.3) is 5.91 Å². The molecule has 0 aromatic heterocycles. The van der Waals surface area contributed by atoms with Crippen LogP contribution in [0.2, 0.25) is 0 Å². The zero-order valence-corrected chi connectivity index (χ0v) is 13.6. The second-order valence-corrected chi connectivity index (χ2v) is 7.05. The average Bonchev–Trinajstić information content (AvgIpc) is 3.07. The molecule has 3 aliphatic rings. The van der Waals surface area contributed by atoms with Gasteiger partial charge in [-0.05, 0) is 56.7 Å². The number of aliphatic hydroxyl groups is 1. The number of nitrogens with one attached hydrogen (secondary N) is 2. The van der Waals surface area contributed by atoms with Gasteiger partial charge in [-0.1, -0.05) is 0 Å². The summed E-state index contributed by atoms with van der Waals surface area (Å²) < 4.78 is 0. The normalized spacial score (nSPS) is 28.8. The fraction of sp³-hybridized carbons (Fsp3) is 0.556. The Labute approximate surface area is 141 Å². The van der Waals surface area contributed by atoms with Gasteiger partial charge in [0.05, 0.1) is 17.5 Å². The fourth-order valence-electron chi connectivity index (χ4n) is 4.06. The number of fused-ring (bicyclic) bond motifs is 3. The number of anilines is 2. The summed E-state index contributed by atoms with van der Waals surface area (Å²) in [5.41, 5.74) is 2.30. The van der Waals surface area contributed by atoms with E-state index in [1.807, 2.05) is 12.1 Å². The first-order chi connectivity index (χ1) is 11.6. The lowest BCUT2D eigenvalue weighted by atomic mass is 9.93. The molecule has 1 aromatic rings. The molecule has 3 N–H and O–H groups in total. The van der Waals surface area contributed by atoms with E-state index in [0.717, 1.165) is 56.4 Å². The van der Waals surface area contributed by atoms with Crippen molar-refractivity contribution in [2.75, 3.05) is 16.8 Å². The molecule has 0 bridgehead atoms. The van der Waals surface area contributed by atoms with Crippen LogP contribution in [0.5, 0.6) is 0 Å². The number of amides is 2. The van der Waals surface area contributed by atoms with Crippen molar-refractivity contribution in [3.8, 4) is 0 Å². The van der Waals surface area contributed by atoms with E-state index in [4.69, 9.17) is 0 Å². The summed E-state index contributed by atoms with van der Waals surface area (Å²) in [6, 6.07) is 5.60. The minimum atomic E-state index is -0.231. The molecule has 2 aliphatic heterocycles. The van der Waals surface area contributed by atoms with Crippen LogP contribution >= 0.6 is 0 Å². The summed E-state index contributed by atoms with van der Waals surface area (Å²) in [5.74, 6) is -0.0872. The van der Waals surface area contributed by atoms with Crippen LogP contribution in [-0.4, -0.2) is 41.7 Å². The SMILES string of the molecule is O=C(NC1CCC(O)CC1)c1ccc2c(c1)NC(=O)[C@H]1CCCN21. The molecule has 1 saturated carbocycles. The fourth-order valence-corrected chi connectivity index (χ4v) is 4.06. The summed E-state index contributed by atoms with van der Waals surface area (Å²) in [6.07, 6.45) is 4.77. The number of hydrogen-bond donors (Lipinski definition) is 3. The molecule has 1 aliphatic carbocycles. The maximum Gasteiger partial charge on any atom is 0.251 e. The molecular formula is C18H23N3O3. The molecule has 0 unspecified atom stereocenters. The van der Waals surface area contributed by atoms with Crippen LogP contribution in [0.25, 0.3) is 0 Å². The van der Waals surface area contributed by atoms with Gasteiger partial charge in [-0.25, -0.2) is 0 Å². The Balaban J connectivity index is 1.50.